The van der Waals surface area contributed by atoms with Crippen LogP contribution in [0, 0.1) is 0 Å². The molecule has 0 saturated carbocycles. The zero-order valence-corrected chi connectivity index (χ0v) is 9.52. The molecule has 0 fully saturated rings. The fourth-order valence-electron chi connectivity index (χ4n) is 1.27. The molecule has 0 unspecified atom stereocenters. The van der Waals surface area contributed by atoms with E-state index in [1.807, 2.05) is 6.07 Å². The maximum Gasteiger partial charge on any atom is 0.252 e. The summed E-state index contributed by atoms with van der Waals surface area (Å²) in [6, 6.07) is 6.99. The van der Waals surface area contributed by atoms with E-state index in [2.05, 4.69) is 0 Å². The van der Waals surface area contributed by atoms with Crippen molar-refractivity contribution < 1.29 is 9.59 Å². The number of carbonyl (C=O) groups is 2. The summed E-state index contributed by atoms with van der Waals surface area (Å²) in [5, 5.41) is -0.496. The van der Waals surface area contributed by atoms with E-state index >= 15 is 0 Å². The van der Waals surface area contributed by atoms with Gasteiger partial charge in [0.25, 0.3) is 5.24 Å². The molecule has 0 saturated heterocycles. The first-order valence-electron chi connectivity index (χ1n) is 4.50. The average Bonchev–Trinajstić information content (AvgIpc) is 2.26. The van der Waals surface area contributed by atoms with Crippen LogP contribution >= 0.6 is 23.2 Å². The van der Waals surface area contributed by atoms with Crippen molar-refractivity contribution in [2.45, 2.75) is 12.8 Å². The number of ketones is 1. The molecule has 0 N–H and O–H groups in total. The van der Waals surface area contributed by atoms with E-state index in [1.54, 1.807) is 18.2 Å². The van der Waals surface area contributed by atoms with Crippen molar-refractivity contribution in [3.8, 4) is 0 Å². The van der Waals surface area contributed by atoms with Crippen molar-refractivity contribution in [3.63, 3.8) is 0 Å². The number of aryl methyl sites for hydroxylation is 1. The quantitative estimate of drug-likeness (QED) is 0.590. The van der Waals surface area contributed by atoms with Gasteiger partial charge < -0.3 is 0 Å². The van der Waals surface area contributed by atoms with Gasteiger partial charge in [0.1, 0.15) is 5.78 Å². The Morgan fingerprint density at radius 2 is 1.87 bits per heavy atom. The molecular weight excluding hydrogens is 235 g/mol. The molecule has 4 heteroatoms. The van der Waals surface area contributed by atoms with Gasteiger partial charge in [0.15, 0.2) is 0 Å². The number of Topliss-reactive ketones (excluding diaryl/α,β-unsaturated/α-hetero) is 1. The summed E-state index contributed by atoms with van der Waals surface area (Å²) >= 11 is 10.8. The summed E-state index contributed by atoms with van der Waals surface area (Å²) in [5.41, 5.74) is 1.25. The average molecular weight is 245 g/mol. The third-order valence-electron chi connectivity index (χ3n) is 2.05. The molecule has 1 aromatic carbocycles. The second-order valence-corrected chi connectivity index (χ2v) is 3.71. The van der Waals surface area contributed by atoms with E-state index in [9.17, 15) is 9.59 Å². The van der Waals surface area contributed by atoms with Gasteiger partial charge in [-0.25, -0.2) is 0 Å². The zero-order chi connectivity index (χ0) is 11.3. The minimum atomic E-state index is -0.496. The molecule has 0 aliphatic carbocycles. The van der Waals surface area contributed by atoms with Gasteiger partial charge in [-0.05, 0) is 29.7 Å². The molecule has 0 radical (unpaired) electrons. The van der Waals surface area contributed by atoms with Crippen LogP contribution < -0.4 is 0 Å². The largest absolute Gasteiger partial charge is 0.298 e. The first kappa shape index (κ1) is 12.2. The number of hydrogen-bond donors (Lipinski definition) is 0. The van der Waals surface area contributed by atoms with Crippen LogP contribution in [0.1, 0.15) is 22.3 Å². The van der Waals surface area contributed by atoms with Crippen molar-refractivity contribution in [2.75, 3.05) is 5.88 Å². The molecule has 80 valence electrons. The maximum atomic E-state index is 11.0. The molecule has 1 rings (SSSR count). The Morgan fingerprint density at radius 3 is 2.47 bits per heavy atom. The molecular formula is C11H10Cl2O2. The Balaban J connectivity index is 2.76. The van der Waals surface area contributed by atoms with E-state index < -0.39 is 5.24 Å². The van der Waals surface area contributed by atoms with E-state index in [0.29, 0.717) is 18.4 Å². The van der Waals surface area contributed by atoms with E-state index in [0.717, 1.165) is 5.56 Å². The number of benzene rings is 1. The summed E-state index contributed by atoms with van der Waals surface area (Å²) in [4.78, 5) is 22.1. The Bertz CT molecular complexity index is 375. The van der Waals surface area contributed by atoms with Crippen molar-refractivity contribution in [3.05, 3.63) is 35.4 Å². The van der Waals surface area contributed by atoms with Gasteiger partial charge in [0.05, 0.1) is 5.88 Å². The molecule has 0 aliphatic heterocycles. The van der Waals surface area contributed by atoms with Crippen molar-refractivity contribution >= 4 is 34.2 Å². The highest BCUT2D eigenvalue weighted by Gasteiger charge is 2.09. The Morgan fingerprint density at radius 1 is 1.20 bits per heavy atom. The van der Waals surface area contributed by atoms with Gasteiger partial charge in [-0.15, -0.1) is 11.6 Å². The maximum absolute atomic E-state index is 11.0. The van der Waals surface area contributed by atoms with Gasteiger partial charge in [-0.1, -0.05) is 18.2 Å². The highest BCUT2D eigenvalue weighted by Crippen LogP contribution is 2.13. The summed E-state index contributed by atoms with van der Waals surface area (Å²) in [6.07, 6.45) is 0.838. The molecule has 0 amide bonds. The summed E-state index contributed by atoms with van der Waals surface area (Å²) in [7, 11) is 0. The molecule has 0 bridgehead atoms. The summed E-state index contributed by atoms with van der Waals surface area (Å²) < 4.78 is 0. The summed E-state index contributed by atoms with van der Waals surface area (Å²) in [5.74, 6) is -0.0229. The van der Waals surface area contributed by atoms with Crippen LogP contribution in [0.4, 0.5) is 0 Å². The third-order valence-corrected chi connectivity index (χ3v) is 2.55. The van der Waals surface area contributed by atoms with Gasteiger partial charge >= 0.3 is 0 Å². The molecule has 0 heterocycles. The Hall–Kier alpha value is -0.860. The Kier molecular flexibility index (Phi) is 4.79. The van der Waals surface area contributed by atoms with Gasteiger partial charge in [0.2, 0.25) is 0 Å². The Labute approximate surface area is 98.2 Å². The van der Waals surface area contributed by atoms with E-state index in [-0.39, 0.29) is 11.7 Å². The third kappa shape index (κ3) is 3.65. The highest BCUT2D eigenvalue weighted by atomic mass is 35.5. The zero-order valence-electron chi connectivity index (χ0n) is 8.00. The number of hydrogen-bond acceptors (Lipinski definition) is 2. The second-order valence-electron chi connectivity index (χ2n) is 3.10. The van der Waals surface area contributed by atoms with Crippen molar-refractivity contribution in [1.29, 1.82) is 0 Å². The standard InChI is InChI=1S/C11H10Cl2O2/c12-7-9(14)6-5-8-3-1-2-4-10(8)11(13)15/h1-4H,5-7H2. The first-order chi connectivity index (χ1) is 7.15. The smallest absolute Gasteiger partial charge is 0.252 e. The monoisotopic (exact) mass is 244 g/mol. The normalized spacial score (nSPS) is 10.0. The lowest BCUT2D eigenvalue weighted by molar-refractivity contribution is -0.116. The lowest BCUT2D eigenvalue weighted by Crippen LogP contribution is -2.04. The first-order valence-corrected chi connectivity index (χ1v) is 5.41. The number of alkyl halides is 1. The topological polar surface area (TPSA) is 34.1 Å². The predicted octanol–water partition coefficient (Wildman–Crippen LogP) is 2.81. The van der Waals surface area contributed by atoms with Gasteiger partial charge in [0, 0.05) is 12.0 Å². The molecule has 2 nitrogen and oxygen atoms in total. The fraction of sp³-hybridized carbons (Fsp3) is 0.273. The SMILES string of the molecule is O=C(CCl)CCc1ccccc1C(=O)Cl. The number of rotatable bonds is 5. The van der Waals surface area contributed by atoms with Gasteiger partial charge in [-0.3, -0.25) is 9.59 Å². The fourth-order valence-corrected chi connectivity index (χ4v) is 1.59. The van der Waals surface area contributed by atoms with Crippen LogP contribution in [0.3, 0.4) is 0 Å². The van der Waals surface area contributed by atoms with Crippen LogP contribution in [0.15, 0.2) is 24.3 Å². The minimum absolute atomic E-state index is 0.0109. The molecule has 0 spiro atoms. The van der Waals surface area contributed by atoms with Crippen LogP contribution in [0.2, 0.25) is 0 Å². The van der Waals surface area contributed by atoms with Crippen LogP contribution in [0.25, 0.3) is 0 Å². The van der Waals surface area contributed by atoms with Gasteiger partial charge in [-0.2, -0.15) is 0 Å². The second kappa shape index (κ2) is 5.89. The van der Waals surface area contributed by atoms with Crippen molar-refractivity contribution in [2.24, 2.45) is 0 Å². The van der Waals surface area contributed by atoms with Crippen molar-refractivity contribution in [1.82, 2.24) is 0 Å². The van der Waals surface area contributed by atoms with Crippen LogP contribution in [-0.4, -0.2) is 16.9 Å². The lowest BCUT2D eigenvalue weighted by atomic mass is 10.0. The lowest BCUT2D eigenvalue weighted by Gasteiger charge is -2.04. The molecule has 0 aromatic heterocycles. The number of carbonyl (C=O) groups excluding carboxylic acids is 2. The molecule has 15 heavy (non-hydrogen) atoms. The molecule has 1 aromatic rings. The summed E-state index contributed by atoms with van der Waals surface area (Å²) in [6.45, 7) is 0. The minimum Gasteiger partial charge on any atom is -0.298 e. The van der Waals surface area contributed by atoms with Crippen LogP contribution in [0.5, 0.6) is 0 Å². The predicted molar refractivity (Wildman–Crippen MR) is 60.7 cm³/mol. The number of halogens is 2. The molecule has 0 aliphatic rings. The van der Waals surface area contributed by atoms with E-state index in [1.165, 1.54) is 0 Å². The van der Waals surface area contributed by atoms with E-state index in [4.69, 9.17) is 23.2 Å². The van der Waals surface area contributed by atoms with Crippen LogP contribution in [-0.2, 0) is 11.2 Å². The highest BCUT2D eigenvalue weighted by molar-refractivity contribution is 6.67. The molecule has 0 atom stereocenters.